The molecule has 1 rings (SSSR count). The van der Waals surface area contributed by atoms with Crippen LogP contribution < -0.4 is 10.6 Å². The Morgan fingerprint density at radius 3 is 0.818 bits per heavy atom. The number of hydrogen-bond donors (Lipinski definition) is 2. The van der Waals surface area contributed by atoms with E-state index in [1.165, 1.54) is 0 Å². The molecule has 1 fully saturated rings. The van der Waals surface area contributed by atoms with Crippen molar-refractivity contribution in [1.82, 2.24) is 20.4 Å². The summed E-state index contributed by atoms with van der Waals surface area (Å²) in [6, 6.07) is -2.35. The lowest BCUT2D eigenvalue weighted by Crippen LogP contribution is -2.64. The average Bonchev–Trinajstić information content (AvgIpc) is 3.30. The molecule has 1 heterocycles. The van der Waals surface area contributed by atoms with E-state index in [-0.39, 0.29) is 102 Å². The summed E-state index contributed by atoms with van der Waals surface area (Å²) >= 11 is 0. The van der Waals surface area contributed by atoms with Crippen LogP contribution >= 0.6 is 0 Å². The van der Waals surface area contributed by atoms with Crippen molar-refractivity contribution in [2.24, 2.45) is 0 Å². The van der Waals surface area contributed by atoms with Gasteiger partial charge in [0.25, 0.3) is 0 Å². The van der Waals surface area contributed by atoms with Crippen LogP contribution in [0, 0.1) is 0 Å². The Morgan fingerprint density at radius 2 is 0.591 bits per heavy atom. The van der Waals surface area contributed by atoms with Crippen molar-refractivity contribution in [3.05, 3.63) is 0 Å². The number of nitrogens with one attached hydrogen (secondary N) is 2. The number of unbranched alkanes of at least 4 members (excludes halogenated alkanes) is 12. The summed E-state index contributed by atoms with van der Waals surface area (Å²) < 4.78 is 32.0. The molecule has 0 radical (unpaired) electrons. The fraction of sp³-hybridized carbons (Fsp3) is 0.833. The quantitative estimate of drug-likeness (QED) is 0.0439. The maximum absolute atomic E-state index is 12.9. The third kappa shape index (κ3) is 32.4. The smallest absolute Gasteiger partial charge is 0.307 e. The standard InChI is InChI=1S/C48H84N4O14/c1-5-9-13-17-33-61-41(53)21-27-51(28-22-42(54)62-34-18-14-10-6-2)31-25-45(57)65-37-39-47(59)50-40(48(60)49-39)38-66-46(58)26-32-52(29-23-43(55)63-35-19-15-11-7-3)30-24-44(56)64-36-20-16-12-8-4/h39-40H,5-38H2,1-4H3,(H,49,60)(H,50,59). The topological polar surface area (TPSA) is 222 Å². The highest BCUT2D eigenvalue weighted by molar-refractivity contribution is 5.97. The average molecular weight is 941 g/mol. The lowest BCUT2D eigenvalue weighted by molar-refractivity contribution is -0.152. The zero-order valence-electron chi connectivity index (χ0n) is 40.8. The first kappa shape index (κ1) is 59.7. The van der Waals surface area contributed by atoms with Gasteiger partial charge in [-0.15, -0.1) is 0 Å². The summed E-state index contributed by atoms with van der Waals surface area (Å²) in [5, 5.41) is 5.01. The maximum atomic E-state index is 12.9. The number of nitrogens with zero attached hydrogens (tertiary/aromatic N) is 2. The van der Waals surface area contributed by atoms with Gasteiger partial charge in [0.15, 0.2) is 0 Å². The summed E-state index contributed by atoms with van der Waals surface area (Å²) in [5.41, 5.74) is 0. The second-order valence-corrected chi connectivity index (χ2v) is 16.8. The van der Waals surface area contributed by atoms with E-state index in [1.54, 1.807) is 9.80 Å². The molecule has 2 amide bonds. The van der Waals surface area contributed by atoms with Gasteiger partial charge in [0, 0.05) is 39.3 Å². The van der Waals surface area contributed by atoms with E-state index < -0.39 is 49.1 Å². The zero-order chi connectivity index (χ0) is 48.6. The third-order valence-corrected chi connectivity index (χ3v) is 10.9. The molecule has 0 saturated carbocycles. The van der Waals surface area contributed by atoms with Crippen molar-refractivity contribution in [2.45, 2.75) is 181 Å². The largest absolute Gasteiger partial charge is 0.466 e. The molecule has 2 N–H and O–H groups in total. The molecule has 2 unspecified atom stereocenters. The Labute approximate surface area is 393 Å². The first-order valence-electron chi connectivity index (χ1n) is 24.9. The second kappa shape index (κ2) is 39.8. The van der Waals surface area contributed by atoms with Crippen molar-refractivity contribution in [1.29, 1.82) is 0 Å². The second-order valence-electron chi connectivity index (χ2n) is 16.8. The molecule has 0 aromatic carbocycles. The van der Waals surface area contributed by atoms with Gasteiger partial charge in [-0.05, 0) is 25.7 Å². The van der Waals surface area contributed by atoms with Crippen LogP contribution in [0.1, 0.15) is 169 Å². The van der Waals surface area contributed by atoms with E-state index in [4.69, 9.17) is 28.4 Å². The molecule has 0 aromatic heterocycles. The highest BCUT2D eigenvalue weighted by Gasteiger charge is 2.35. The van der Waals surface area contributed by atoms with Crippen molar-refractivity contribution >= 4 is 47.6 Å². The predicted molar refractivity (Wildman–Crippen MR) is 247 cm³/mol. The highest BCUT2D eigenvalue weighted by Crippen LogP contribution is 2.08. The number of ether oxygens (including phenoxy) is 6. The van der Waals surface area contributed by atoms with Gasteiger partial charge < -0.3 is 48.9 Å². The number of amides is 2. The van der Waals surface area contributed by atoms with E-state index in [9.17, 15) is 38.4 Å². The van der Waals surface area contributed by atoms with Gasteiger partial charge in [-0.25, -0.2) is 0 Å². The predicted octanol–water partition coefficient (Wildman–Crippen LogP) is 5.49. The Bertz CT molecular complexity index is 1240. The molecule has 2 atom stereocenters. The first-order chi connectivity index (χ1) is 31.9. The lowest BCUT2D eigenvalue weighted by atomic mass is 10.1. The molecule has 1 aliphatic rings. The molecule has 18 nitrogen and oxygen atoms in total. The van der Waals surface area contributed by atoms with Crippen molar-refractivity contribution in [3.8, 4) is 0 Å². The first-order valence-corrected chi connectivity index (χ1v) is 24.9. The molecule has 1 aliphatic heterocycles. The normalized spacial score (nSPS) is 14.6. The summed E-state index contributed by atoms with van der Waals surface area (Å²) in [6.45, 7) is 10.2. The molecule has 66 heavy (non-hydrogen) atoms. The molecular formula is C48H84N4O14. The Balaban J connectivity index is 2.61. The molecule has 0 spiro atoms. The van der Waals surface area contributed by atoms with Crippen LogP contribution in [0.4, 0.5) is 0 Å². The number of piperazine rings is 1. The molecule has 0 aliphatic carbocycles. The highest BCUT2D eigenvalue weighted by atomic mass is 16.6. The van der Waals surface area contributed by atoms with E-state index >= 15 is 0 Å². The van der Waals surface area contributed by atoms with Crippen LogP contribution in [0.15, 0.2) is 0 Å². The summed E-state index contributed by atoms with van der Waals surface area (Å²) in [7, 11) is 0. The van der Waals surface area contributed by atoms with Crippen molar-refractivity contribution in [3.63, 3.8) is 0 Å². The molecule has 18 heteroatoms. The SMILES string of the molecule is CCCCCCOC(=O)CCN(CCC(=O)OCCCCCC)CCC(=O)OCC1NC(=O)C(COC(=O)CCN(CCC(=O)OCCCCCC)CCC(=O)OCCCCCC)NC1=O. The molecular weight excluding hydrogens is 857 g/mol. The molecule has 0 aromatic rings. The number of hydrogen-bond acceptors (Lipinski definition) is 16. The summed E-state index contributed by atoms with van der Waals surface area (Å²) in [6.07, 6.45) is 15.7. The van der Waals surface area contributed by atoms with Gasteiger partial charge in [-0.2, -0.15) is 0 Å². The minimum atomic E-state index is -1.18. The minimum absolute atomic E-state index is 0.0762. The maximum Gasteiger partial charge on any atom is 0.307 e. The fourth-order valence-corrected chi connectivity index (χ4v) is 6.72. The van der Waals surface area contributed by atoms with E-state index in [2.05, 4.69) is 38.3 Å². The van der Waals surface area contributed by atoms with Gasteiger partial charge in [0.05, 0.1) is 65.0 Å². The van der Waals surface area contributed by atoms with Crippen molar-refractivity contribution < 1.29 is 66.8 Å². The monoisotopic (exact) mass is 941 g/mol. The van der Waals surface area contributed by atoms with Crippen molar-refractivity contribution in [2.75, 3.05) is 78.9 Å². The van der Waals surface area contributed by atoms with Gasteiger partial charge in [0.2, 0.25) is 11.8 Å². The van der Waals surface area contributed by atoms with E-state index in [1.807, 2.05) is 0 Å². The van der Waals surface area contributed by atoms with Crippen LogP contribution in [0.25, 0.3) is 0 Å². The van der Waals surface area contributed by atoms with Gasteiger partial charge in [0.1, 0.15) is 25.3 Å². The third-order valence-electron chi connectivity index (χ3n) is 10.9. The van der Waals surface area contributed by atoms with Crippen LogP contribution in [0.2, 0.25) is 0 Å². The Hall–Kier alpha value is -4.32. The lowest BCUT2D eigenvalue weighted by Gasteiger charge is -2.29. The number of esters is 6. The van der Waals surface area contributed by atoms with Gasteiger partial charge in [-0.3, -0.25) is 38.4 Å². The number of carbonyl (C=O) groups is 8. The van der Waals surface area contributed by atoms with E-state index in [0.717, 1.165) is 103 Å². The zero-order valence-corrected chi connectivity index (χ0v) is 40.8. The summed E-state index contributed by atoms with van der Waals surface area (Å²) in [5.74, 6) is -4.03. The summed E-state index contributed by atoms with van der Waals surface area (Å²) in [4.78, 5) is 104. The van der Waals surface area contributed by atoms with Gasteiger partial charge >= 0.3 is 35.8 Å². The van der Waals surface area contributed by atoms with Crippen LogP contribution in [-0.4, -0.2) is 148 Å². The minimum Gasteiger partial charge on any atom is -0.466 e. The molecule has 380 valence electrons. The Morgan fingerprint density at radius 1 is 0.364 bits per heavy atom. The fourth-order valence-electron chi connectivity index (χ4n) is 6.72. The van der Waals surface area contributed by atoms with Gasteiger partial charge in [-0.1, -0.05) is 105 Å². The number of rotatable bonds is 42. The van der Waals surface area contributed by atoms with Crippen LogP contribution in [0.3, 0.4) is 0 Å². The number of carbonyl (C=O) groups excluding carboxylic acids is 8. The molecule has 1 saturated heterocycles. The van der Waals surface area contributed by atoms with Crippen LogP contribution in [-0.2, 0) is 66.8 Å². The van der Waals surface area contributed by atoms with Crippen LogP contribution in [0.5, 0.6) is 0 Å². The van der Waals surface area contributed by atoms with E-state index in [0.29, 0.717) is 26.4 Å². The Kier molecular flexibility index (Phi) is 36.0. The molecule has 0 bridgehead atoms.